The summed E-state index contributed by atoms with van der Waals surface area (Å²) in [5.74, 6) is 0.791. The van der Waals surface area contributed by atoms with Crippen LogP contribution in [0.15, 0.2) is 54.7 Å². The summed E-state index contributed by atoms with van der Waals surface area (Å²) in [6.45, 7) is 2.15. The van der Waals surface area contributed by atoms with E-state index in [1.807, 2.05) is 42.4 Å². The minimum absolute atomic E-state index is 0.0174. The molecule has 0 aliphatic rings. The molecule has 0 atom stereocenters. The number of rotatable bonds is 9. The van der Waals surface area contributed by atoms with E-state index in [0.717, 1.165) is 17.7 Å². The number of ether oxygens (including phenoxy) is 1. The lowest BCUT2D eigenvalue weighted by Gasteiger charge is -2.16. The van der Waals surface area contributed by atoms with Gasteiger partial charge in [0.25, 0.3) is 0 Å². The maximum absolute atomic E-state index is 12.1. The third kappa shape index (κ3) is 5.74. The molecular weight excluding hydrogens is 362 g/mol. The van der Waals surface area contributed by atoms with E-state index >= 15 is 0 Å². The van der Waals surface area contributed by atoms with Crippen molar-refractivity contribution < 1.29 is 9.53 Å². The van der Waals surface area contributed by atoms with Gasteiger partial charge >= 0.3 is 0 Å². The highest BCUT2D eigenvalue weighted by molar-refractivity contribution is 6.30. The molecule has 3 rings (SSSR count). The topological polar surface area (TPSA) is 57.4 Å². The van der Waals surface area contributed by atoms with Crippen LogP contribution in [0.1, 0.15) is 5.56 Å². The molecule has 1 heterocycles. The molecule has 0 spiro atoms. The van der Waals surface area contributed by atoms with E-state index in [9.17, 15) is 4.79 Å². The Morgan fingerprint density at radius 1 is 1.19 bits per heavy atom. The van der Waals surface area contributed by atoms with Gasteiger partial charge in [-0.1, -0.05) is 29.8 Å². The number of nitrogens with zero attached hydrogens (tertiary/aromatic N) is 1. The first kappa shape index (κ1) is 19.3. The van der Waals surface area contributed by atoms with Gasteiger partial charge in [0.2, 0.25) is 5.91 Å². The predicted molar refractivity (Wildman–Crippen MR) is 109 cm³/mol. The number of H-pyrrole nitrogens is 1. The number of hydrogen-bond acceptors (Lipinski definition) is 3. The zero-order chi connectivity index (χ0) is 19.1. The number of halogens is 1. The summed E-state index contributed by atoms with van der Waals surface area (Å²) in [7, 11) is 1.91. The summed E-state index contributed by atoms with van der Waals surface area (Å²) in [5, 5.41) is 4.88. The Kier molecular flexibility index (Phi) is 6.74. The van der Waals surface area contributed by atoms with Gasteiger partial charge in [0.15, 0.2) is 0 Å². The molecule has 2 aromatic carbocycles. The molecule has 1 amide bonds. The van der Waals surface area contributed by atoms with Crippen LogP contribution in [-0.2, 0) is 11.2 Å². The van der Waals surface area contributed by atoms with E-state index in [-0.39, 0.29) is 5.91 Å². The van der Waals surface area contributed by atoms with Crippen LogP contribution < -0.4 is 10.1 Å². The largest absolute Gasteiger partial charge is 0.492 e. The molecule has 142 valence electrons. The Bertz CT molecular complexity index is 877. The van der Waals surface area contributed by atoms with Crippen LogP contribution in [-0.4, -0.2) is 49.1 Å². The van der Waals surface area contributed by atoms with Gasteiger partial charge in [-0.25, -0.2) is 0 Å². The molecule has 0 radical (unpaired) electrons. The Morgan fingerprint density at radius 3 is 2.78 bits per heavy atom. The van der Waals surface area contributed by atoms with Crippen molar-refractivity contribution in [2.24, 2.45) is 0 Å². The lowest BCUT2D eigenvalue weighted by molar-refractivity contribution is -0.121. The average molecular weight is 386 g/mol. The predicted octanol–water partition coefficient (Wildman–Crippen LogP) is 3.49. The Balaban J connectivity index is 1.34. The number of nitrogens with one attached hydrogen (secondary N) is 2. The highest BCUT2D eigenvalue weighted by Crippen LogP contribution is 2.17. The SMILES string of the molecule is CN(CCOc1ccc(Cl)cc1)CC(=O)NCCc1c[nH]c2ccccc12. The van der Waals surface area contributed by atoms with E-state index < -0.39 is 0 Å². The summed E-state index contributed by atoms with van der Waals surface area (Å²) in [6, 6.07) is 15.4. The van der Waals surface area contributed by atoms with E-state index in [2.05, 4.69) is 22.4 Å². The fourth-order valence-electron chi connectivity index (χ4n) is 2.91. The molecule has 0 bridgehead atoms. The molecule has 5 nitrogen and oxygen atoms in total. The second-order valence-electron chi connectivity index (χ2n) is 6.50. The minimum Gasteiger partial charge on any atom is -0.492 e. The highest BCUT2D eigenvalue weighted by atomic mass is 35.5. The van der Waals surface area contributed by atoms with Crippen molar-refractivity contribution in [3.63, 3.8) is 0 Å². The van der Waals surface area contributed by atoms with Crippen LogP contribution >= 0.6 is 11.6 Å². The first-order valence-electron chi connectivity index (χ1n) is 9.00. The third-order valence-corrected chi connectivity index (χ3v) is 4.61. The maximum atomic E-state index is 12.1. The fourth-order valence-corrected chi connectivity index (χ4v) is 3.03. The lowest BCUT2D eigenvalue weighted by Crippen LogP contribution is -2.37. The van der Waals surface area contributed by atoms with E-state index in [1.54, 1.807) is 12.1 Å². The van der Waals surface area contributed by atoms with Gasteiger partial charge in [0.05, 0.1) is 6.54 Å². The molecule has 3 aromatic rings. The maximum Gasteiger partial charge on any atom is 0.234 e. The highest BCUT2D eigenvalue weighted by Gasteiger charge is 2.08. The van der Waals surface area contributed by atoms with E-state index in [4.69, 9.17) is 16.3 Å². The first-order chi connectivity index (χ1) is 13.1. The summed E-state index contributed by atoms with van der Waals surface area (Å²) in [5.41, 5.74) is 2.34. The quantitative estimate of drug-likeness (QED) is 0.592. The number of aromatic amines is 1. The number of para-hydroxylation sites is 1. The molecule has 0 saturated carbocycles. The Hall–Kier alpha value is -2.50. The van der Waals surface area contributed by atoms with Gasteiger partial charge in [0.1, 0.15) is 12.4 Å². The molecular formula is C21H24ClN3O2. The fraction of sp³-hybridized carbons (Fsp3) is 0.286. The number of amides is 1. The first-order valence-corrected chi connectivity index (χ1v) is 9.38. The summed E-state index contributed by atoms with van der Waals surface area (Å²) in [6.07, 6.45) is 2.82. The molecule has 2 N–H and O–H groups in total. The number of aromatic nitrogens is 1. The van der Waals surface area contributed by atoms with E-state index in [1.165, 1.54) is 10.9 Å². The van der Waals surface area contributed by atoms with Crippen LogP contribution in [0.2, 0.25) is 5.02 Å². The lowest BCUT2D eigenvalue weighted by atomic mass is 10.1. The number of hydrogen-bond donors (Lipinski definition) is 2. The van der Waals surface area contributed by atoms with Gasteiger partial charge in [-0.15, -0.1) is 0 Å². The molecule has 27 heavy (non-hydrogen) atoms. The molecule has 0 fully saturated rings. The van der Waals surface area contributed by atoms with Crippen LogP contribution in [0.5, 0.6) is 5.75 Å². The van der Waals surface area contributed by atoms with Crippen molar-refractivity contribution in [3.05, 3.63) is 65.3 Å². The zero-order valence-corrected chi connectivity index (χ0v) is 16.1. The van der Waals surface area contributed by atoms with Gasteiger partial charge in [-0.3, -0.25) is 9.69 Å². The second kappa shape index (κ2) is 9.44. The van der Waals surface area contributed by atoms with Crippen LogP contribution in [0.25, 0.3) is 10.9 Å². The number of carbonyl (C=O) groups excluding carboxylic acids is 1. The van der Waals surface area contributed by atoms with Gasteiger partial charge in [-0.05, 0) is 49.4 Å². The zero-order valence-electron chi connectivity index (χ0n) is 15.4. The van der Waals surface area contributed by atoms with Crippen molar-refractivity contribution in [1.29, 1.82) is 0 Å². The van der Waals surface area contributed by atoms with Crippen molar-refractivity contribution >= 4 is 28.4 Å². The Morgan fingerprint density at radius 2 is 1.96 bits per heavy atom. The minimum atomic E-state index is 0.0174. The molecule has 0 saturated heterocycles. The van der Waals surface area contributed by atoms with Crippen molar-refractivity contribution in [2.45, 2.75) is 6.42 Å². The molecule has 6 heteroatoms. The van der Waals surface area contributed by atoms with Crippen LogP contribution in [0.3, 0.4) is 0 Å². The van der Waals surface area contributed by atoms with E-state index in [0.29, 0.717) is 31.3 Å². The van der Waals surface area contributed by atoms with Crippen LogP contribution in [0, 0.1) is 0 Å². The van der Waals surface area contributed by atoms with Crippen molar-refractivity contribution in [3.8, 4) is 5.75 Å². The summed E-state index contributed by atoms with van der Waals surface area (Å²) in [4.78, 5) is 17.3. The molecule has 0 aliphatic heterocycles. The second-order valence-corrected chi connectivity index (χ2v) is 6.94. The number of likely N-dealkylation sites (N-methyl/N-ethyl adjacent to an activating group) is 1. The van der Waals surface area contributed by atoms with Gasteiger partial charge in [-0.2, -0.15) is 0 Å². The van der Waals surface area contributed by atoms with Crippen molar-refractivity contribution in [1.82, 2.24) is 15.2 Å². The Labute approximate surface area is 164 Å². The summed E-state index contributed by atoms with van der Waals surface area (Å²) < 4.78 is 5.65. The molecule has 1 aromatic heterocycles. The molecule has 0 aliphatic carbocycles. The monoisotopic (exact) mass is 385 g/mol. The smallest absolute Gasteiger partial charge is 0.234 e. The standard InChI is InChI=1S/C21H24ClN3O2/c1-25(12-13-27-18-8-6-17(22)7-9-18)15-21(26)23-11-10-16-14-24-20-5-3-2-4-19(16)20/h2-9,14,24H,10-13,15H2,1H3,(H,23,26). The average Bonchev–Trinajstić information content (AvgIpc) is 3.07. The summed E-state index contributed by atoms with van der Waals surface area (Å²) >= 11 is 5.85. The number of fused-ring (bicyclic) bond motifs is 1. The normalized spacial score (nSPS) is 11.1. The molecule has 0 unspecified atom stereocenters. The van der Waals surface area contributed by atoms with Crippen molar-refractivity contribution in [2.75, 3.05) is 33.3 Å². The van der Waals surface area contributed by atoms with Gasteiger partial charge in [0, 0.05) is 35.2 Å². The third-order valence-electron chi connectivity index (χ3n) is 4.36. The number of benzene rings is 2. The van der Waals surface area contributed by atoms with Crippen LogP contribution in [0.4, 0.5) is 0 Å². The number of carbonyl (C=O) groups is 1. The van der Waals surface area contributed by atoms with Gasteiger partial charge < -0.3 is 15.0 Å².